The van der Waals surface area contributed by atoms with E-state index in [1.54, 1.807) is 17.6 Å². The molecular weight excluding hydrogens is 270 g/mol. The molecule has 2 N–H and O–H groups in total. The lowest BCUT2D eigenvalue weighted by Crippen LogP contribution is -2.48. The molecule has 108 valence electrons. The molecule has 20 heavy (non-hydrogen) atoms. The molecule has 2 aromatic heterocycles. The van der Waals surface area contributed by atoms with E-state index in [4.69, 9.17) is 10.2 Å². The SMILES string of the molecule is CC(N)C1CCCCN1Cc1coc(-c2cccs2)n1. The summed E-state index contributed by atoms with van der Waals surface area (Å²) in [5.74, 6) is 0.726. The van der Waals surface area contributed by atoms with Gasteiger partial charge in [-0.1, -0.05) is 12.5 Å². The summed E-state index contributed by atoms with van der Waals surface area (Å²) >= 11 is 1.65. The second-order valence-corrected chi connectivity index (χ2v) is 6.46. The second kappa shape index (κ2) is 6.08. The largest absolute Gasteiger partial charge is 0.444 e. The molecule has 4 nitrogen and oxygen atoms in total. The maximum Gasteiger partial charge on any atom is 0.236 e. The van der Waals surface area contributed by atoms with Gasteiger partial charge in [-0.15, -0.1) is 11.3 Å². The first kappa shape index (κ1) is 13.8. The van der Waals surface area contributed by atoms with Crippen LogP contribution in [0.15, 0.2) is 28.2 Å². The van der Waals surface area contributed by atoms with Crippen molar-refractivity contribution in [1.82, 2.24) is 9.88 Å². The van der Waals surface area contributed by atoms with E-state index in [2.05, 4.69) is 16.8 Å². The van der Waals surface area contributed by atoms with Gasteiger partial charge >= 0.3 is 0 Å². The molecule has 1 fully saturated rings. The Hall–Kier alpha value is -1.17. The molecule has 0 bridgehead atoms. The highest BCUT2D eigenvalue weighted by Gasteiger charge is 2.26. The molecule has 2 atom stereocenters. The number of aromatic nitrogens is 1. The quantitative estimate of drug-likeness (QED) is 0.940. The monoisotopic (exact) mass is 291 g/mol. The molecule has 0 aliphatic carbocycles. The third-order valence-electron chi connectivity index (χ3n) is 3.92. The van der Waals surface area contributed by atoms with E-state index < -0.39 is 0 Å². The highest BCUT2D eigenvalue weighted by atomic mass is 32.1. The van der Waals surface area contributed by atoms with Crippen LogP contribution < -0.4 is 5.73 Å². The minimum absolute atomic E-state index is 0.207. The fraction of sp³-hybridized carbons (Fsp3) is 0.533. The zero-order valence-corrected chi connectivity index (χ0v) is 12.6. The summed E-state index contributed by atoms with van der Waals surface area (Å²) in [7, 11) is 0. The Balaban J connectivity index is 1.71. The van der Waals surface area contributed by atoms with E-state index in [1.165, 1.54) is 19.3 Å². The Morgan fingerprint density at radius 3 is 3.20 bits per heavy atom. The lowest BCUT2D eigenvalue weighted by atomic mass is 9.97. The van der Waals surface area contributed by atoms with Gasteiger partial charge in [0.2, 0.25) is 5.89 Å². The zero-order valence-electron chi connectivity index (χ0n) is 11.8. The van der Waals surface area contributed by atoms with Crippen molar-refractivity contribution in [1.29, 1.82) is 0 Å². The maximum absolute atomic E-state index is 6.11. The highest BCUT2D eigenvalue weighted by Crippen LogP contribution is 2.25. The molecule has 0 radical (unpaired) electrons. The van der Waals surface area contributed by atoms with Gasteiger partial charge in [0.15, 0.2) is 0 Å². The van der Waals surface area contributed by atoms with Crippen LogP contribution in [0.1, 0.15) is 31.9 Å². The van der Waals surface area contributed by atoms with Crippen molar-refractivity contribution < 1.29 is 4.42 Å². The molecule has 0 spiro atoms. The molecule has 1 aliphatic heterocycles. The van der Waals surface area contributed by atoms with Crippen LogP contribution in [0.2, 0.25) is 0 Å². The number of hydrogen-bond donors (Lipinski definition) is 1. The average molecular weight is 291 g/mol. The van der Waals surface area contributed by atoms with Crippen LogP contribution in [-0.2, 0) is 6.54 Å². The van der Waals surface area contributed by atoms with Crippen molar-refractivity contribution in [2.45, 2.75) is 44.8 Å². The van der Waals surface area contributed by atoms with Gasteiger partial charge < -0.3 is 10.2 Å². The number of hydrogen-bond acceptors (Lipinski definition) is 5. The lowest BCUT2D eigenvalue weighted by Gasteiger charge is -2.37. The smallest absolute Gasteiger partial charge is 0.236 e. The molecule has 5 heteroatoms. The van der Waals surface area contributed by atoms with Gasteiger partial charge in [0.1, 0.15) is 6.26 Å². The number of nitrogens with two attached hydrogens (primary N) is 1. The van der Waals surface area contributed by atoms with E-state index >= 15 is 0 Å². The van der Waals surface area contributed by atoms with Gasteiger partial charge in [-0.25, -0.2) is 4.98 Å². The predicted molar refractivity (Wildman–Crippen MR) is 81.5 cm³/mol. The highest BCUT2D eigenvalue weighted by molar-refractivity contribution is 7.13. The minimum atomic E-state index is 0.207. The minimum Gasteiger partial charge on any atom is -0.444 e. The number of likely N-dealkylation sites (tertiary alicyclic amines) is 1. The van der Waals surface area contributed by atoms with Gasteiger partial charge in [-0.3, -0.25) is 4.90 Å². The van der Waals surface area contributed by atoms with Crippen LogP contribution in [0.5, 0.6) is 0 Å². The molecule has 3 rings (SSSR count). The van der Waals surface area contributed by atoms with Crippen LogP contribution in [0.25, 0.3) is 10.8 Å². The fourth-order valence-corrected chi connectivity index (χ4v) is 3.57. The third-order valence-corrected chi connectivity index (χ3v) is 4.78. The number of nitrogens with zero attached hydrogens (tertiary/aromatic N) is 2. The molecule has 1 aliphatic rings. The molecule has 2 aromatic rings. The lowest BCUT2D eigenvalue weighted by molar-refractivity contribution is 0.121. The Morgan fingerprint density at radius 1 is 1.55 bits per heavy atom. The van der Waals surface area contributed by atoms with E-state index in [-0.39, 0.29) is 6.04 Å². The molecule has 0 amide bonds. The molecule has 3 heterocycles. The van der Waals surface area contributed by atoms with Gasteiger partial charge in [0.25, 0.3) is 0 Å². The first-order valence-corrected chi connectivity index (χ1v) is 8.10. The first-order valence-electron chi connectivity index (χ1n) is 7.22. The standard InChI is InChI=1S/C15H21N3OS/c1-11(16)13-5-2-3-7-18(13)9-12-10-19-15(17-12)14-6-4-8-20-14/h4,6,8,10-11,13H,2-3,5,7,9,16H2,1H3. The summed E-state index contributed by atoms with van der Waals surface area (Å²) in [4.78, 5) is 8.13. The molecular formula is C15H21N3OS. The normalized spacial score (nSPS) is 22.0. The van der Waals surface area contributed by atoms with Crippen molar-refractivity contribution in [2.75, 3.05) is 6.54 Å². The summed E-state index contributed by atoms with van der Waals surface area (Å²) in [6.45, 7) is 4.04. The molecule has 2 unspecified atom stereocenters. The van der Waals surface area contributed by atoms with Crippen molar-refractivity contribution in [3.63, 3.8) is 0 Å². The van der Waals surface area contributed by atoms with Crippen molar-refractivity contribution in [3.05, 3.63) is 29.5 Å². The molecule has 1 saturated heterocycles. The van der Waals surface area contributed by atoms with Crippen LogP contribution in [0.4, 0.5) is 0 Å². The van der Waals surface area contributed by atoms with Gasteiger partial charge in [-0.05, 0) is 37.8 Å². The topological polar surface area (TPSA) is 55.3 Å². The van der Waals surface area contributed by atoms with E-state index in [1.807, 2.05) is 17.5 Å². The fourth-order valence-electron chi connectivity index (χ4n) is 2.91. The van der Waals surface area contributed by atoms with Gasteiger partial charge in [0.05, 0.1) is 10.6 Å². The van der Waals surface area contributed by atoms with Crippen molar-refractivity contribution >= 4 is 11.3 Å². The summed E-state index contributed by atoms with van der Waals surface area (Å²) in [6.07, 6.45) is 5.50. The summed E-state index contributed by atoms with van der Waals surface area (Å²) < 4.78 is 5.59. The maximum atomic E-state index is 6.11. The van der Waals surface area contributed by atoms with Crippen LogP contribution in [0, 0.1) is 0 Å². The number of piperidine rings is 1. The Morgan fingerprint density at radius 2 is 2.45 bits per heavy atom. The summed E-state index contributed by atoms with van der Waals surface area (Å²) in [5, 5.41) is 2.04. The van der Waals surface area contributed by atoms with Crippen LogP contribution in [0.3, 0.4) is 0 Å². The van der Waals surface area contributed by atoms with Gasteiger partial charge in [0, 0.05) is 18.6 Å². The average Bonchev–Trinajstić information content (AvgIpc) is 3.09. The van der Waals surface area contributed by atoms with Crippen molar-refractivity contribution in [2.24, 2.45) is 5.73 Å². The van der Waals surface area contributed by atoms with E-state index in [0.717, 1.165) is 29.6 Å². The van der Waals surface area contributed by atoms with Crippen LogP contribution >= 0.6 is 11.3 Å². The number of oxazole rings is 1. The molecule has 0 saturated carbocycles. The van der Waals surface area contributed by atoms with E-state index in [9.17, 15) is 0 Å². The van der Waals surface area contributed by atoms with Crippen LogP contribution in [-0.4, -0.2) is 28.5 Å². The summed E-state index contributed by atoms with van der Waals surface area (Å²) in [5.41, 5.74) is 7.11. The van der Waals surface area contributed by atoms with Gasteiger partial charge in [-0.2, -0.15) is 0 Å². The Kier molecular flexibility index (Phi) is 4.19. The molecule has 0 aromatic carbocycles. The third kappa shape index (κ3) is 2.95. The van der Waals surface area contributed by atoms with Crippen molar-refractivity contribution in [3.8, 4) is 10.8 Å². The Bertz CT molecular complexity index is 535. The number of thiophene rings is 1. The van der Waals surface area contributed by atoms with E-state index in [0.29, 0.717) is 6.04 Å². The Labute approximate surface area is 123 Å². The second-order valence-electron chi connectivity index (χ2n) is 5.51. The number of rotatable bonds is 4. The summed E-state index contributed by atoms with van der Waals surface area (Å²) in [6, 6.07) is 4.72. The predicted octanol–water partition coefficient (Wildman–Crippen LogP) is 3.10. The first-order chi connectivity index (χ1) is 9.74. The zero-order chi connectivity index (χ0) is 13.9.